The number of ether oxygens (including phenoxy) is 1. The lowest BCUT2D eigenvalue weighted by atomic mass is 10.1. The van der Waals surface area contributed by atoms with Gasteiger partial charge in [-0.05, 0) is 41.3 Å². The zero-order valence-electron chi connectivity index (χ0n) is 14.7. The lowest BCUT2D eigenvalue weighted by Gasteiger charge is -2.32. The second-order valence-electron chi connectivity index (χ2n) is 6.20. The van der Waals surface area contributed by atoms with Crippen molar-refractivity contribution < 1.29 is 9.53 Å². The molecule has 1 amide bonds. The first-order chi connectivity index (χ1) is 12.7. The van der Waals surface area contributed by atoms with E-state index in [0.717, 1.165) is 5.56 Å². The van der Waals surface area contributed by atoms with Crippen LogP contribution in [-0.2, 0) is 4.74 Å². The van der Waals surface area contributed by atoms with E-state index in [2.05, 4.69) is 35.7 Å². The third-order valence-corrected chi connectivity index (χ3v) is 6.65. The molecule has 27 heavy (non-hydrogen) atoms. The van der Waals surface area contributed by atoms with Crippen LogP contribution in [0.4, 0.5) is 0 Å². The third-order valence-electron chi connectivity index (χ3n) is 4.45. The molecule has 1 fully saturated rings. The minimum Gasteiger partial charge on any atom is -0.373 e. The predicted octanol–water partition coefficient (Wildman–Crippen LogP) is 4.37. The summed E-state index contributed by atoms with van der Waals surface area (Å²) in [7, 11) is 0. The molecule has 1 aromatic carbocycles. The monoisotopic (exact) mass is 420 g/mol. The van der Waals surface area contributed by atoms with Crippen LogP contribution in [0.5, 0.6) is 0 Å². The molecule has 4 nitrogen and oxygen atoms in total. The van der Waals surface area contributed by atoms with E-state index in [1.165, 1.54) is 14.6 Å². The molecule has 2 N–H and O–H groups in total. The Morgan fingerprint density at radius 2 is 2.00 bits per heavy atom. The summed E-state index contributed by atoms with van der Waals surface area (Å²) in [6, 6.07) is 16.3. The van der Waals surface area contributed by atoms with Crippen LogP contribution < -0.4 is 5.73 Å². The molecular formula is C20H21ClN2O2S2. The molecular weight excluding hydrogens is 400 g/mol. The molecule has 7 heteroatoms. The van der Waals surface area contributed by atoms with Gasteiger partial charge in [-0.2, -0.15) is 0 Å². The van der Waals surface area contributed by atoms with E-state index in [0.29, 0.717) is 31.8 Å². The fourth-order valence-electron chi connectivity index (χ4n) is 3.08. The quantitative estimate of drug-likeness (QED) is 0.682. The number of carbonyl (C=O) groups excluding carboxylic acids is 1. The van der Waals surface area contributed by atoms with Gasteiger partial charge in [0, 0.05) is 39.8 Å². The van der Waals surface area contributed by atoms with Crippen LogP contribution in [0.2, 0.25) is 0 Å². The van der Waals surface area contributed by atoms with Crippen molar-refractivity contribution in [1.82, 2.24) is 4.90 Å². The minimum atomic E-state index is -0.0680. The molecule has 1 aliphatic rings. The standard InChI is InChI=1S/C20H20N2O2S2.ClH/c21-12-16-13-22(8-9-24-16)20(23)15-4-1-3-14(11-15)17-6-7-19(26-17)18-5-2-10-25-18;/h1-7,10-11,16H,8-9,12-13,21H2;1H. The lowest BCUT2D eigenvalue weighted by molar-refractivity contribution is -0.0167. The Bertz CT molecular complexity index is 895. The van der Waals surface area contributed by atoms with Crippen LogP contribution in [-0.4, -0.2) is 43.2 Å². The highest BCUT2D eigenvalue weighted by molar-refractivity contribution is 7.23. The Morgan fingerprint density at radius 3 is 2.78 bits per heavy atom. The van der Waals surface area contributed by atoms with Gasteiger partial charge < -0.3 is 15.4 Å². The summed E-state index contributed by atoms with van der Waals surface area (Å²) in [6.07, 6.45) is -0.0680. The number of halogens is 1. The smallest absolute Gasteiger partial charge is 0.254 e. The van der Waals surface area contributed by atoms with Crippen LogP contribution in [0, 0.1) is 0 Å². The summed E-state index contributed by atoms with van der Waals surface area (Å²) >= 11 is 3.49. The predicted molar refractivity (Wildman–Crippen MR) is 115 cm³/mol. The number of hydrogen-bond acceptors (Lipinski definition) is 5. The molecule has 1 unspecified atom stereocenters. The van der Waals surface area contributed by atoms with Gasteiger partial charge in [-0.1, -0.05) is 18.2 Å². The minimum absolute atomic E-state index is 0. The van der Waals surface area contributed by atoms with Crippen molar-refractivity contribution in [2.24, 2.45) is 5.73 Å². The molecule has 0 radical (unpaired) electrons. The number of nitrogens with zero attached hydrogens (tertiary/aromatic N) is 1. The molecule has 4 rings (SSSR count). The summed E-state index contributed by atoms with van der Waals surface area (Å²) in [5, 5.41) is 2.09. The molecule has 142 valence electrons. The Hall–Kier alpha value is -1.70. The molecule has 3 aromatic rings. The molecule has 0 aliphatic carbocycles. The van der Waals surface area contributed by atoms with Crippen molar-refractivity contribution in [3.8, 4) is 20.2 Å². The van der Waals surface area contributed by atoms with E-state index in [1.807, 2.05) is 23.1 Å². The van der Waals surface area contributed by atoms with E-state index < -0.39 is 0 Å². The second-order valence-corrected chi connectivity index (χ2v) is 8.23. The maximum absolute atomic E-state index is 12.9. The van der Waals surface area contributed by atoms with Crippen molar-refractivity contribution in [2.45, 2.75) is 6.10 Å². The Balaban J connectivity index is 0.00000210. The molecule has 1 saturated heterocycles. The normalized spacial score (nSPS) is 16.8. The molecule has 1 atom stereocenters. The van der Waals surface area contributed by atoms with Gasteiger partial charge in [-0.15, -0.1) is 35.1 Å². The van der Waals surface area contributed by atoms with Gasteiger partial charge in [-0.3, -0.25) is 4.79 Å². The van der Waals surface area contributed by atoms with E-state index in [-0.39, 0.29) is 24.4 Å². The number of nitrogens with two attached hydrogens (primary N) is 1. The average molecular weight is 421 g/mol. The summed E-state index contributed by atoms with van der Waals surface area (Å²) < 4.78 is 5.56. The molecule has 0 saturated carbocycles. The highest BCUT2D eigenvalue weighted by Gasteiger charge is 2.24. The summed E-state index contributed by atoms with van der Waals surface area (Å²) in [5.41, 5.74) is 7.48. The fraction of sp³-hybridized carbons (Fsp3) is 0.250. The summed E-state index contributed by atoms with van der Waals surface area (Å²) in [5.74, 6) is 0.0450. The van der Waals surface area contributed by atoms with Crippen molar-refractivity contribution >= 4 is 41.0 Å². The molecule has 2 aromatic heterocycles. The summed E-state index contributed by atoms with van der Waals surface area (Å²) in [6.45, 7) is 2.15. The molecule has 1 aliphatic heterocycles. The van der Waals surface area contributed by atoms with Gasteiger partial charge >= 0.3 is 0 Å². The maximum Gasteiger partial charge on any atom is 0.254 e. The van der Waals surface area contributed by atoms with Gasteiger partial charge in [0.25, 0.3) is 5.91 Å². The van der Waals surface area contributed by atoms with Crippen molar-refractivity contribution in [2.75, 3.05) is 26.2 Å². The van der Waals surface area contributed by atoms with Gasteiger partial charge in [0.1, 0.15) is 0 Å². The fourth-order valence-corrected chi connectivity index (χ4v) is 4.92. The second kappa shape index (κ2) is 8.99. The zero-order chi connectivity index (χ0) is 17.9. The van der Waals surface area contributed by atoms with Crippen molar-refractivity contribution in [1.29, 1.82) is 0 Å². The number of benzene rings is 1. The first-order valence-corrected chi connectivity index (χ1v) is 10.3. The van der Waals surface area contributed by atoms with Crippen molar-refractivity contribution in [3.63, 3.8) is 0 Å². The van der Waals surface area contributed by atoms with E-state index in [9.17, 15) is 4.79 Å². The first kappa shape index (κ1) is 20.0. The zero-order valence-corrected chi connectivity index (χ0v) is 17.1. The topological polar surface area (TPSA) is 55.6 Å². The van der Waals surface area contributed by atoms with E-state index >= 15 is 0 Å². The Kier molecular flexibility index (Phi) is 6.68. The van der Waals surface area contributed by atoms with Crippen LogP contribution in [0.3, 0.4) is 0 Å². The molecule has 0 bridgehead atoms. The highest BCUT2D eigenvalue weighted by Crippen LogP contribution is 2.36. The van der Waals surface area contributed by atoms with E-state index in [4.69, 9.17) is 10.5 Å². The van der Waals surface area contributed by atoms with Crippen LogP contribution in [0.1, 0.15) is 10.4 Å². The lowest BCUT2D eigenvalue weighted by Crippen LogP contribution is -2.48. The number of rotatable bonds is 4. The first-order valence-electron chi connectivity index (χ1n) is 8.59. The van der Waals surface area contributed by atoms with Crippen LogP contribution >= 0.6 is 35.1 Å². The van der Waals surface area contributed by atoms with Crippen LogP contribution in [0.25, 0.3) is 20.2 Å². The van der Waals surface area contributed by atoms with E-state index in [1.54, 1.807) is 22.7 Å². The Labute approximate surface area is 173 Å². The number of morpholine rings is 1. The largest absolute Gasteiger partial charge is 0.373 e. The highest BCUT2D eigenvalue weighted by atomic mass is 35.5. The molecule has 0 spiro atoms. The van der Waals surface area contributed by atoms with Gasteiger partial charge in [0.2, 0.25) is 0 Å². The third kappa shape index (κ3) is 4.42. The summed E-state index contributed by atoms with van der Waals surface area (Å²) in [4.78, 5) is 18.4. The van der Waals surface area contributed by atoms with Gasteiger partial charge in [0.05, 0.1) is 12.7 Å². The number of carbonyl (C=O) groups is 1. The number of amides is 1. The van der Waals surface area contributed by atoms with Crippen LogP contribution in [0.15, 0.2) is 53.9 Å². The van der Waals surface area contributed by atoms with Gasteiger partial charge in [0.15, 0.2) is 0 Å². The SMILES string of the molecule is Cl.NCC1CN(C(=O)c2cccc(-c3ccc(-c4cccs4)s3)c2)CCO1. The van der Waals surface area contributed by atoms with Crippen molar-refractivity contribution in [3.05, 3.63) is 59.5 Å². The maximum atomic E-state index is 12.9. The number of hydrogen-bond donors (Lipinski definition) is 1. The number of thiophene rings is 2. The Morgan fingerprint density at radius 1 is 1.15 bits per heavy atom. The van der Waals surface area contributed by atoms with Gasteiger partial charge in [-0.25, -0.2) is 0 Å². The molecule has 3 heterocycles. The average Bonchev–Trinajstić information content (AvgIpc) is 3.39.